The van der Waals surface area contributed by atoms with Crippen molar-refractivity contribution in [1.29, 1.82) is 0 Å². The second kappa shape index (κ2) is 9.18. The summed E-state index contributed by atoms with van der Waals surface area (Å²) < 4.78 is 19.0. The van der Waals surface area contributed by atoms with Gasteiger partial charge >= 0.3 is 0 Å². The number of rotatable bonds is 7. The van der Waals surface area contributed by atoms with Gasteiger partial charge in [-0.05, 0) is 56.2 Å². The maximum Gasteiger partial charge on any atom is 0.273 e. The summed E-state index contributed by atoms with van der Waals surface area (Å²) in [5.41, 5.74) is 3.66. The Hall–Kier alpha value is -3.74. The van der Waals surface area contributed by atoms with Crippen molar-refractivity contribution in [3.05, 3.63) is 78.1 Å². The van der Waals surface area contributed by atoms with E-state index >= 15 is 0 Å². The highest BCUT2D eigenvalue weighted by molar-refractivity contribution is 5.99. The zero-order valence-electron chi connectivity index (χ0n) is 18.3. The Morgan fingerprint density at radius 2 is 2.06 bits per heavy atom. The van der Waals surface area contributed by atoms with Crippen LogP contribution in [0.15, 0.2) is 61.1 Å². The van der Waals surface area contributed by atoms with Gasteiger partial charge in [0.15, 0.2) is 0 Å². The molecule has 164 valence electrons. The van der Waals surface area contributed by atoms with Crippen LogP contribution >= 0.6 is 0 Å². The summed E-state index contributed by atoms with van der Waals surface area (Å²) in [6.07, 6.45) is 5.85. The molecule has 0 saturated carbocycles. The number of amides is 1. The van der Waals surface area contributed by atoms with Crippen molar-refractivity contribution in [2.45, 2.75) is 26.3 Å². The maximum absolute atomic E-state index is 13.7. The molecular formula is C25H25FN4O2. The number of hydrogen-bond acceptors (Lipinski definition) is 4. The lowest BCUT2D eigenvalue weighted by molar-refractivity contribution is 0.0702. The number of hydrogen-bond donors (Lipinski definition) is 1. The second-order valence-electron chi connectivity index (χ2n) is 7.84. The van der Waals surface area contributed by atoms with Gasteiger partial charge in [0, 0.05) is 59.3 Å². The summed E-state index contributed by atoms with van der Waals surface area (Å²) in [5, 5.41) is 0.830. The molecule has 0 aliphatic heterocycles. The molecule has 0 aliphatic rings. The smallest absolute Gasteiger partial charge is 0.273 e. The molecule has 0 atom stereocenters. The summed E-state index contributed by atoms with van der Waals surface area (Å²) in [5.74, 6) is -0.0996. The van der Waals surface area contributed by atoms with Crippen molar-refractivity contribution < 1.29 is 13.9 Å². The third-order valence-corrected chi connectivity index (χ3v) is 5.49. The first kappa shape index (κ1) is 21.5. The van der Waals surface area contributed by atoms with Crippen LogP contribution in [-0.2, 0) is 6.42 Å². The fourth-order valence-electron chi connectivity index (χ4n) is 3.80. The SMILES string of the molecule is COc1ccc(-c2cccnc2)c(C(=O)N(CCc2c[nH]c3ccc(F)cc23)C(C)C)n1. The Kier molecular flexibility index (Phi) is 6.16. The fraction of sp³-hybridized carbons (Fsp3) is 0.240. The van der Waals surface area contributed by atoms with Crippen LogP contribution in [0.2, 0.25) is 0 Å². The molecule has 32 heavy (non-hydrogen) atoms. The summed E-state index contributed by atoms with van der Waals surface area (Å²) in [6.45, 7) is 4.40. The average Bonchev–Trinajstić information content (AvgIpc) is 3.21. The highest BCUT2D eigenvalue weighted by Gasteiger charge is 2.24. The number of carbonyl (C=O) groups is 1. The Balaban J connectivity index is 1.65. The van der Waals surface area contributed by atoms with E-state index in [1.54, 1.807) is 29.4 Å². The normalized spacial score (nSPS) is 11.2. The molecule has 1 aromatic carbocycles. The van der Waals surface area contributed by atoms with Gasteiger partial charge in [-0.2, -0.15) is 0 Å². The quantitative estimate of drug-likeness (QED) is 0.452. The first-order valence-corrected chi connectivity index (χ1v) is 10.5. The number of H-pyrrole nitrogens is 1. The number of carbonyl (C=O) groups excluding carboxylic acids is 1. The van der Waals surface area contributed by atoms with Crippen LogP contribution in [-0.4, -0.2) is 45.5 Å². The number of ether oxygens (including phenoxy) is 1. The van der Waals surface area contributed by atoms with Crippen molar-refractivity contribution in [3.63, 3.8) is 0 Å². The number of halogens is 1. The van der Waals surface area contributed by atoms with E-state index in [1.807, 2.05) is 38.2 Å². The van der Waals surface area contributed by atoms with Gasteiger partial charge in [-0.1, -0.05) is 6.07 Å². The van der Waals surface area contributed by atoms with Gasteiger partial charge in [-0.15, -0.1) is 0 Å². The molecule has 0 fully saturated rings. The number of pyridine rings is 2. The molecule has 0 bridgehead atoms. The van der Waals surface area contributed by atoms with E-state index in [0.29, 0.717) is 30.1 Å². The van der Waals surface area contributed by atoms with Gasteiger partial charge < -0.3 is 14.6 Å². The number of benzene rings is 1. The Morgan fingerprint density at radius 1 is 1.22 bits per heavy atom. The van der Waals surface area contributed by atoms with Crippen LogP contribution in [0.3, 0.4) is 0 Å². The van der Waals surface area contributed by atoms with Crippen molar-refractivity contribution in [2.24, 2.45) is 0 Å². The summed E-state index contributed by atoms with van der Waals surface area (Å²) in [4.78, 5) is 27.2. The standard InChI is InChI=1S/C25H25FN4O2/c1-16(2)30(12-10-18-15-28-22-8-6-19(26)13-21(18)22)25(31)24-20(7-9-23(29-24)32-3)17-5-4-11-27-14-17/h4-9,11,13-16,28H,10,12H2,1-3H3. The fourth-order valence-corrected chi connectivity index (χ4v) is 3.80. The van der Waals surface area contributed by atoms with Crippen LogP contribution < -0.4 is 4.74 Å². The number of methoxy groups -OCH3 is 1. The number of aromatic nitrogens is 3. The Morgan fingerprint density at radius 3 is 2.78 bits per heavy atom. The van der Waals surface area contributed by atoms with Gasteiger partial charge in [-0.3, -0.25) is 9.78 Å². The number of nitrogens with one attached hydrogen (secondary N) is 1. The molecule has 3 aromatic heterocycles. The van der Waals surface area contributed by atoms with Crippen LogP contribution in [0.5, 0.6) is 5.88 Å². The molecule has 0 spiro atoms. The molecule has 4 aromatic rings. The van der Waals surface area contributed by atoms with E-state index in [-0.39, 0.29) is 17.8 Å². The third kappa shape index (κ3) is 4.32. The number of nitrogens with zero attached hydrogens (tertiary/aromatic N) is 3. The van der Waals surface area contributed by atoms with Gasteiger partial charge in [0.2, 0.25) is 5.88 Å². The lowest BCUT2D eigenvalue weighted by Gasteiger charge is -2.27. The highest BCUT2D eigenvalue weighted by atomic mass is 19.1. The lowest BCUT2D eigenvalue weighted by Crippen LogP contribution is -2.39. The minimum atomic E-state index is -0.281. The molecule has 0 radical (unpaired) electrons. The largest absolute Gasteiger partial charge is 0.481 e. The molecule has 7 heteroatoms. The van der Waals surface area contributed by atoms with Crippen molar-refractivity contribution in [3.8, 4) is 17.0 Å². The van der Waals surface area contributed by atoms with Gasteiger partial charge in [0.05, 0.1) is 7.11 Å². The van der Waals surface area contributed by atoms with Crippen LogP contribution in [0.1, 0.15) is 29.9 Å². The molecule has 3 heterocycles. The molecule has 0 unspecified atom stereocenters. The molecule has 4 rings (SSSR count). The first-order chi connectivity index (χ1) is 15.5. The van der Waals surface area contributed by atoms with Gasteiger partial charge in [-0.25, -0.2) is 9.37 Å². The summed E-state index contributed by atoms with van der Waals surface area (Å²) >= 11 is 0. The summed E-state index contributed by atoms with van der Waals surface area (Å²) in [6, 6.07) is 11.9. The van der Waals surface area contributed by atoms with E-state index in [2.05, 4.69) is 15.0 Å². The first-order valence-electron chi connectivity index (χ1n) is 10.5. The topological polar surface area (TPSA) is 71.1 Å². The molecular weight excluding hydrogens is 407 g/mol. The molecule has 1 N–H and O–H groups in total. The van der Waals surface area contributed by atoms with Gasteiger partial charge in [0.1, 0.15) is 11.5 Å². The zero-order chi connectivity index (χ0) is 22.7. The summed E-state index contributed by atoms with van der Waals surface area (Å²) in [7, 11) is 1.52. The Bertz CT molecular complexity index is 1240. The molecule has 6 nitrogen and oxygen atoms in total. The van der Waals surface area contributed by atoms with Crippen LogP contribution in [0.25, 0.3) is 22.0 Å². The zero-order valence-corrected chi connectivity index (χ0v) is 18.3. The lowest BCUT2D eigenvalue weighted by atomic mass is 10.0. The minimum absolute atomic E-state index is 0.0563. The maximum atomic E-state index is 13.7. The third-order valence-electron chi connectivity index (χ3n) is 5.49. The number of aromatic amines is 1. The van der Waals surface area contributed by atoms with Crippen molar-refractivity contribution >= 4 is 16.8 Å². The van der Waals surface area contributed by atoms with Gasteiger partial charge in [0.25, 0.3) is 5.91 Å². The second-order valence-corrected chi connectivity index (χ2v) is 7.84. The predicted molar refractivity (Wildman–Crippen MR) is 122 cm³/mol. The van der Waals surface area contributed by atoms with Crippen molar-refractivity contribution in [2.75, 3.05) is 13.7 Å². The van der Waals surface area contributed by atoms with E-state index in [1.165, 1.54) is 19.2 Å². The predicted octanol–water partition coefficient (Wildman–Crippen LogP) is 4.87. The average molecular weight is 432 g/mol. The monoisotopic (exact) mass is 432 g/mol. The van der Waals surface area contributed by atoms with E-state index in [4.69, 9.17) is 4.74 Å². The molecule has 0 saturated heterocycles. The van der Waals surface area contributed by atoms with Crippen LogP contribution in [0, 0.1) is 5.82 Å². The molecule has 0 aliphatic carbocycles. The minimum Gasteiger partial charge on any atom is -0.481 e. The van der Waals surface area contributed by atoms with E-state index in [9.17, 15) is 9.18 Å². The van der Waals surface area contributed by atoms with Crippen molar-refractivity contribution in [1.82, 2.24) is 19.9 Å². The van der Waals surface area contributed by atoms with E-state index in [0.717, 1.165) is 22.0 Å². The van der Waals surface area contributed by atoms with Crippen LogP contribution in [0.4, 0.5) is 4.39 Å². The van der Waals surface area contributed by atoms with E-state index < -0.39 is 0 Å². The highest BCUT2D eigenvalue weighted by Crippen LogP contribution is 2.26. The number of fused-ring (bicyclic) bond motifs is 1. The molecule has 1 amide bonds. The Labute approximate surface area is 186 Å².